The highest BCUT2D eigenvalue weighted by molar-refractivity contribution is 5.27. The van der Waals surface area contributed by atoms with Crippen LogP contribution in [0.4, 0.5) is 0 Å². The Morgan fingerprint density at radius 1 is 0.696 bits per heavy atom. The minimum atomic E-state index is 0.642. The van der Waals surface area contributed by atoms with Crippen molar-refractivity contribution in [2.45, 2.75) is 86.5 Å². The second-order valence-electron chi connectivity index (χ2n) is 8.80. The molecule has 132 valence electrons. The van der Waals surface area contributed by atoms with Crippen molar-refractivity contribution >= 4 is 0 Å². The van der Waals surface area contributed by atoms with Gasteiger partial charge in [-0.15, -0.1) is 0 Å². The molecule has 1 aliphatic carbocycles. The topological polar surface area (TPSA) is 0 Å². The Labute approximate surface area is 146 Å². The van der Waals surface area contributed by atoms with Crippen molar-refractivity contribution in [1.29, 1.82) is 0 Å². The molecule has 0 nitrogen and oxygen atoms in total. The van der Waals surface area contributed by atoms with Crippen LogP contribution in [0.1, 0.15) is 97.6 Å². The minimum Gasteiger partial charge on any atom is -0.0625 e. The third kappa shape index (κ3) is 6.69. The summed E-state index contributed by atoms with van der Waals surface area (Å²) >= 11 is 0. The maximum absolute atomic E-state index is 2.37. The summed E-state index contributed by atoms with van der Waals surface area (Å²) in [5, 5.41) is 0. The van der Waals surface area contributed by atoms with Gasteiger partial charge in [0.1, 0.15) is 0 Å². The van der Waals surface area contributed by atoms with Gasteiger partial charge in [0.2, 0.25) is 0 Å². The van der Waals surface area contributed by atoms with Crippen LogP contribution in [0.3, 0.4) is 0 Å². The first-order valence-electron chi connectivity index (χ1n) is 9.82. The lowest BCUT2D eigenvalue weighted by atomic mass is 9.89. The Kier molecular flexibility index (Phi) is 8.37. The Balaban J connectivity index is 0.000000231. The maximum Gasteiger partial charge on any atom is -0.0219 e. The number of hydrogen-bond donors (Lipinski definition) is 0. The van der Waals surface area contributed by atoms with Gasteiger partial charge >= 0.3 is 0 Å². The van der Waals surface area contributed by atoms with E-state index in [1.807, 2.05) is 0 Å². The summed E-state index contributed by atoms with van der Waals surface area (Å²) in [6, 6.07) is 8.88. The third-order valence-corrected chi connectivity index (χ3v) is 5.64. The molecule has 0 amide bonds. The zero-order valence-electron chi connectivity index (χ0n) is 16.9. The monoisotopic (exact) mass is 316 g/mol. The molecule has 2 atom stereocenters. The predicted molar refractivity (Wildman–Crippen MR) is 105 cm³/mol. The Morgan fingerprint density at radius 3 is 1.35 bits per heavy atom. The standard InChI is InChI=1S/C12H18.C11H22/c1-9(2)11-6-5-7-12(8-11)10(3)4;1-8(2)10-5-6-11(7-10)9(3)4/h5-10H,1-4H3;8-11H,5-7H2,1-4H3. The zero-order valence-corrected chi connectivity index (χ0v) is 16.9. The quantitative estimate of drug-likeness (QED) is 0.535. The molecular weight excluding hydrogens is 276 g/mol. The van der Waals surface area contributed by atoms with Gasteiger partial charge in [-0.2, -0.15) is 0 Å². The van der Waals surface area contributed by atoms with Crippen molar-refractivity contribution in [3.05, 3.63) is 35.4 Å². The molecule has 1 aromatic carbocycles. The molecule has 0 bridgehead atoms. The molecule has 0 heteroatoms. The molecule has 1 aromatic rings. The van der Waals surface area contributed by atoms with Gasteiger partial charge in [0, 0.05) is 0 Å². The summed E-state index contributed by atoms with van der Waals surface area (Å²) < 4.78 is 0. The van der Waals surface area contributed by atoms with E-state index in [-0.39, 0.29) is 0 Å². The molecule has 0 aliphatic heterocycles. The van der Waals surface area contributed by atoms with Crippen LogP contribution in [0.5, 0.6) is 0 Å². The van der Waals surface area contributed by atoms with Gasteiger partial charge < -0.3 is 0 Å². The highest BCUT2D eigenvalue weighted by Crippen LogP contribution is 2.39. The van der Waals surface area contributed by atoms with Crippen LogP contribution in [-0.2, 0) is 0 Å². The second kappa shape index (κ2) is 9.50. The van der Waals surface area contributed by atoms with E-state index in [0.29, 0.717) is 11.8 Å². The predicted octanol–water partition coefficient (Wildman–Crippen LogP) is 7.65. The summed E-state index contributed by atoms with van der Waals surface area (Å²) in [5.74, 6) is 5.18. The lowest BCUT2D eigenvalue weighted by Crippen LogP contribution is -2.07. The molecule has 0 radical (unpaired) electrons. The molecule has 0 N–H and O–H groups in total. The van der Waals surface area contributed by atoms with Crippen molar-refractivity contribution in [2.75, 3.05) is 0 Å². The minimum absolute atomic E-state index is 0.642. The molecule has 2 rings (SSSR count). The first kappa shape index (κ1) is 20.3. The molecule has 1 aliphatic rings. The summed E-state index contributed by atoms with van der Waals surface area (Å²) in [6.45, 7) is 18.4. The Morgan fingerprint density at radius 2 is 1.09 bits per heavy atom. The van der Waals surface area contributed by atoms with E-state index in [4.69, 9.17) is 0 Å². The summed E-state index contributed by atoms with van der Waals surface area (Å²) in [7, 11) is 0. The summed E-state index contributed by atoms with van der Waals surface area (Å²) in [4.78, 5) is 0. The average molecular weight is 317 g/mol. The largest absolute Gasteiger partial charge is 0.0625 e. The molecule has 1 fully saturated rings. The number of hydrogen-bond acceptors (Lipinski definition) is 0. The number of benzene rings is 1. The lowest BCUT2D eigenvalue weighted by molar-refractivity contribution is 0.340. The molecular formula is C23H40. The third-order valence-electron chi connectivity index (χ3n) is 5.64. The van der Waals surface area contributed by atoms with Crippen molar-refractivity contribution < 1.29 is 0 Å². The smallest absolute Gasteiger partial charge is 0.0219 e. The van der Waals surface area contributed by atoms with Crippen molar-refractivity contribution in [3.8, 4) is 0 Å². The van der Waals surface area contributed by atoms with Gasteiger partial charge in [-0.1, -0.05) is 79.7 Å². The Bertz CT molecular complexity index is 402. The fourth-order valence-corrected chi connectivity index (χ4v) is 3.54. The van der Waals surface area contributed by atoms with Crippen LogP contribution >= 0.6 is 0 Å². The van der Waals surface area contributed by atoms with Gasteiger partial charge in [0.15, 0.2) is 0 Å². The molecule has 23 heavy (non-hydrogen) atoms. The van der Waals surface area contributed by atoms with Crippen LogP contribution in [0.25, 0.3) is 0 Å². The van der Waals surface area contributed by atoms with Gasteiger partial charge in [-0.25, -0.2) is 0 Å². The van der Waals surface area contributed by atoms with Crippen molar-refractivity contribution in [1.82, 2.24) is 0 Å². The Hall–Kier alpha value is -0.780. The van der Waals surface area contributed by atoms with Crippen LogP contribution in [-0.4, -0.2) is 0 Å². The fraction of sp³-hybridized carbons (Fsp3) is 0.739. The maximum atomic E-state index is 2.37. The lowest BCUT2D eigenvalue weighted by Gasteiger charge is -2.16. The first-order valence-corrected chi connectivity index (χ1v) is 9.82. The van der Waals surface area contributed by atoms with Crippen molar-refractivity contribution in [2.24, 2.45) is 23.7 Å². The molecule has 2 unspecified atom stereocenters. The van der Waals surface area contributed by atoms with Gasteiger partial charge in [-0.05, 0) is 65.9 Å². The molecule has 1 saturated carbocycles. The van der Waals surface area contributed by atoms with Gasteiger partial charge in [0.05, 0.1) is 0 Å². The van der Waals surface area contributed by atoms with Crippen LogP contribution < -0.4 is 0 Å². The summed E-state index contributed by atoms with van der Waals surface area (Å²) in [6.07, 6.45) is 4.47. The van der Waals surface area contributed by atoms with Gasteiger partial charge in [-0.3, -0.25) is 0 Å². The van der Waals surface area contributed by atoms with E-state index in [2.05, 4.69) is 79.7 Å². The number of rotatable bonds is 4. The van der Waals surface area contributed by atoms with Gasteiger partial charge in [0.25, 0.3) is 0 Å². The SMILES string of the molecule is CC(C)C1CCC(C(C)C)C1.CC(C)c1cccc(C(C)C)c1. The zero-order chi connectivity index (χ0) is 17.6. The molecule has 0 spiro atoms. The average Bonchev–Trinajstić information content (AvgIpc) is 2.98. The first-order chi connectivity index (χ1) is 10.7. The second-order valence-corrected chi connectivity index (χ2v) is 8.80. The van der Waals surface area contributed by atoms with E-state index in [9.17, 15) is 0 Å². The van der Waals surface area contributed by atoms with E-state index in [1.165, 1.54) is 30.4 Å². The fourth-order valence-electron chi connectivity index (χ4n) is 3.54. The highest BCUT2D eigenvalue weighted by Gasteiger charge is 2.28. The van der Waals surface area contributed by atoms with E-state index >= 15 is 0 Å². The summed E-state index contributed by atoms with van der Waals surface area (Å²) in [5.41, 5.74) is 2.89. The van der Waals surface area contributed by atoms with E-state index in [0.717, 1.165) is 23.7 Å². The normalized spacial score (nSPS) is 21.2. The van der Waals surface area contributed by atoms with Crippen molar-refractivity contribution in [3.63, 3.8) is 0 Å². The van der Waals surface area contributed by atoms with Crippen LogP contribution in [0, 0.1) is 23.7 Å². The van der Waals surface area contributed by atoms with Crippen LogP contribution in [0.15, 0.2) is 24.3 Å². The van der Waals surface area contributed by atoms with Crippen LogP contribution in [0.2, 0.25) is 0 Å². The molecule has 0 aromatic heterocycles. The van der Waals surface area contributed by atoms with E-state index in [1.54, 1.807) is 0 Å². The highest BCUT2D eigenvalue weighted by atomic mass is 14.3. The molecule has 0 saturated heterocycles. The molecule has 0 heterocycles. The van der Waals surface area contributed by atoms with E-state index < -0.39 is 0 Å².